The molecule has 0 bridgehead atoms. The number of carbonyl (C=O) groups excluding carboxylic acids is 1. The van der Waals surface area contributed by atoms with Crippen LogP contribution in [0.4, 0.5) is 0 Å². The van der Waals surface area contributed by atoms with Crippen molar-refractivity contribution >= 4 is 17.5 Å². The van der Waals surface area contributed by atoms with Crippen molar-refractivity contribution in [2.24, 2.45) is 11.7 Å². The summed E-state index contributed by atoms with van der Waals surface area (Å²) in [6.07, 6.45) is 7.05. The van der Waals surface area contributed by atoms with Crippen LogP contribution in [-0.2, 0) is 10.3 Å². The molecule has 1 aromatic rings. The van der Waals surface area contributed by atoms with E-state index in [1.54, 1.807) is 0 Å². The number of halogens is 1. The van der Waals surface area contributed by atoms with Crippen LogP contribution in [0.5, 0.6) is 0 Å². The van der Waals surface area contributed by atoms with E-state index in [4.69, 9.17) is 17.3 Å². The molecule has 0 saturated heterocycles. The zero-order chi connectivity index (χ0) is 14.9. The number of rotatable bonds is 3. The normalized spacial score (nSPS) is 27.7. The van der Waals surface area contributed by atoms with Gasteiger partial charge >= 0.3 is 0 Å². The fourth-order valence-electron chi connectivity index (χ4n) is 3.83. The predicted molar refractivity (Wildman–Crippen MR) is 85.1 cm³/mol. The van der Waals surface area contributed by atoms with E-state index in [2.05, 4.69) is 5.32 Å². The van der Waals surface area contributed by atoms with Gasteiger partial charge in [-0.3, -0.25) is 4.79 Å². The van der Waals surface area contributed by atoms with Gasteiger partial charge in [0, 0.05) is 17.0 Å². The molecule has 2 saturated carbocycles. The molecule has 114 valence electrons. The van der Waals surface area contributed by atoms with Crippen molar-refractivity contribution < 1.29 is 4.79 Å². The van der Waals surface area contributed by atoms with Crippen LogP contribution in [0.15, 0.2) is 24.3 Å². The van der Waals surface area contributed by atoms with Crippen molar-refractivity contribution in [1.82, 2.24) is 5.32 Å². The maximum atomic E-state index is 12.6. The van der Waals surface area contributed by atoms with Gasteiger partial charge in [0.15, 0.2) is 0 Å². The van der Waals surface area contributed by atoms with E-state index in [9.17, 15) is 4.79 Å². The summed E-state index contributed by atoms with van der Waals surface area (Å²) in [5.41, 5.74) is 6.92. The highest BCUT2D eigenvalue weighted by Crippen LogP contribution is 2.40. The van der Waals surface area contributed by atoms with Gasteiger partial charge in [0.05, 0.1) is 5.54 Å². The molecule has 3 N–H and O–H groups in total. The Morgan fingerprint density at radius 1 is 1.19 bits per heavy atom. The number of nitrogens with two attached hydrogens (primary N) is 1. The molecule has 3 nitrogen and oxygen atoms in total. The summed E-state index contributed by atoms with van der Waals surface area (Å²) >= 11 is 5.99. The van der Waals surface area contributed by atoms with Crippen LogP contribution in [0.25, 0.3) is 0 Å². The minimum atomic E-state index is -0.200. The highest BCUT2D eigenvalue weighted by molar-refractivity contribution is 6.30. The van der Waals surface area contributed by atoms with Gasteiger partial charge in [-0.2, -0.15) is 0 Å². The molecule has 0 spiro atoms. The van der Waals surface area contributed by atoms with Gasteiger partial charge < -0.3 is 11.1 Å². The highest BCUT2D eigenvalue weighted by Gasteiger charge is 2.39. The van der Waals surface area contributed by atoms with Crippen LogP contribution in [0.2, 0.25) is 5.02 Å². The number of benzene rings is 1. The summed E-state index contributed by atoms with van der Waals surface area (Å²) in [5.74, 6) is 0.268. The van der Waals surface area contributed by atoms with Crippen LogP contribution >= 0.6 is 11.6 Å². The third-order valence-electron chi connectivity index (χ3n) is 5.06. The fourth-order valence-corrected chi connectivity index (χ4v) is 3.95. The van der Waals surface area contributed by atoms with Gasteiger partial charge in [0.25, 0.3) is 0 Å². The Morgan fingerprint density at radius 3 is 2.43 bits per heavy atom. The molecule has 2 aliphatic rings. The number of hydrogen-bond acceptors (Lipinski definition) is 2. The van der Waals surface area contributed by atoms with Crippen molar-refractivity contribution in [3.05, 3.63) is 34.9 Å². The first-order valence-corrected chi connectivity index (χ1v) is 8.30. The molecule has 2 fully saturated rings. The third-order valence-corrected chi connectivity index (χ3v) is 5.31. The topological polar surface area (TPSA) is 55.1 Å². The lowest BCUT2D eigenvalue weighted by atomic mass is 9.87. The summed E-state index contributed by atoms with van der Waals surface area (Å²) in [4.78, 5) is 12.6. The summed E-state index contributed by atoms with van der Waals surface area (Å²) < 4.78 is 0. The van der Waals surface area contributed by atoms with Gasteiger partial charge in [0.2, 0.25) is 5.91 Å². The smallest absolute Gasteiger partial charge is 0.223 e. The molecule has 0 radical (unpaired) electrons. The first-order valence-electron chi connectivity index (χ1n) is 7.93. The first kappa shape index (κ1) is 14.9. The number of amides is 1. The molecule has 2 unspecified atom stereocenters. The summed E-state index contributed by atoms with van der Waals surface area (Å²) in [6.45, 7) is 0. The van der Waals surface area contributed by atoms with E-state index >= 15 is 0 Å². The second-order valence-corrected chi connectivity index (χ2v) is 6.99. The number of carbonyl (C=O) groups is 1. The summed E-state index contributed by atoms with van der Waals surface area (Å²) in [5, 5.41) is 4.09. The van der Waals surface area contributed by atoms with E-state index in [0.29, 0.717) is 0 Å². The Hall–Kier alpha value is -1.06. The zero-order valence-electron chi connectivity index (χ0n) is 12.3. The van der Waals surface area contributed by atoms with Crippen molar-refractivity contribution in [3.63, 3.8) is 0 Å². The average molecular weight is 307 g/mol. The molecular formula is C17H23ClN2O. The fraction of sp³-hybridized carbons (Fsp3) is 0.588. The maximum Gasteiger partial charge on any atom is 0.223 e. The van der Waals surface area contributed by atoms with E-state index in [1.807, 2.05) is 24.3 Å². The minimum absolute atomic E-state index is 0.0878. The van der Waals surface area contributed by atoms with Crippen molar-refractivity contribution in [2.75, 3.05) is 0 Å². The number of hydrogen-bond donors (Lipinski definition) is 2. The molecule has 2 atom stereocenters. The second-order valence-electron chi connectivity index (χ2n) is 6.56. The Morgan fingerprint density at radius 2 is 1.86 bits per heavy atom. The van der Waals surface area contributed by atoms with Crippen LogP contribution in [-0.4, -0.2) is 11.9 Å². The summed E-state index contributed by atoms with van der Waals surface area (Å²) in [7, 11) is 0. The standard InChI is InChI=1S/C17H23ClN2O/c18-14-6-4-13(5-7-14)17(9-1-2-10-17)20-16(21)12-3-8-15(19)11-12/h4-7,12,15H,1-3,8-11,19H2,(H,20,21). The van der Waals surface area contributed by atoms with E-state index in [-0.39, 0.29) is 23.4 Å². The SMILES string of the molecule is NC1CCC(C(=O)NC2(c3ccc(Cl)cc3)CCCC2)C1. The van der Waals surface area contributed by atoms with Crippen LogP contribution in [0.1, 0.15) is 50.5 Å². The molecule has 4 heteroatoms. The first-order chi connectivity index (χ1) is 10.1. The van der Waals surface area contributed by atoms with Crippen LogP contribution in [0, 0.1) is 5.92 Å². The molecule has 0 aromatic heterocycles. The van der Waals surface area contributed by atoms with Gasteiger partial charge in [-0.25, -0.2) is 0 Å². The Balaban J connectivity index is 1.78. The Bertz CT molecular complexity index is 508. The van der Waals surface area contributed by atoms with Crippen LogP contribution in [0.3, 0.4) is 0 Å². The molecule has 21 heavy (non-hydrogen) atoms. The lowest BCUT2D eigenvalue weighted by molar-refractivity contribution is -0.127. The Kier molecular flexibility index (Phi) is 4.23. The van der Waals surface area contributed by atoms with E-state index < -0.39 is 0 Å². The van der Waals surface area contributed by atoms with E-state index in [1.165, 1.54) is 5.56 Å². The van der Waals surface area contributed by atoms with Gasteiger partial charge in [-0.05, 0) is 49.8 Å². The molecule has 0 heterocycles. The lowest BCUT2D eigenvalue weighted by Crippen LogP contribution is -2.46. The quantitative estimate of drug-likeness (QED) is 0.899. The highest BCUT2D eigenvalue weighted by atomic mass is 35.5. The molecule has 1 aromatic carbocycles. The molecule has 3 rings (SSSR count). The summed E-state index contributed by atoms with van der Waals surface area (Å²) in [6, 6.07) is 8.11. The lowest BCUT2D eigenvalue weighted by Gasteiger charge is -2.32. The van der Waals surface area contributed by atoms with Gasteiger partial charge in [0.1, 0.15) is 0 Å². The monoisotopic (exact) mass is 306 g/mol. The van der Waals surface area contributed by atoms with Crippen molar-refractivity contribution in [1.29, 1.82) is 0 Å². The predicted octanol–water partition coefficient (Wildman–Crippen LogP) is 3.35. The van der Waals surface area contributed by atoms with Crippen LogP contribution < -0.4 is 11.1 Å². The van der Waals surface area contributed by atoms with E-state index in [0.717, 1.165) is 50.0 Å². The average Bonchev–Trinajstić information content (AvgIpc) is 3.09. The van der Waals surface area contributed by atoms with Gasteiger partial charge in [-0.15, -0.1) is 0 Å². The second kappa shape index (κ2) is 5.98. The maximum absolute atomic E-state index is 12.6. The molecular weight excluding hydrogens is 284 g/mol. The zero-order valence-corrected chi connectivity index (χ0v) is 13.0. The molecule has 0 aliphatic heterocycles. The number of nitrogens with one attached hydrogen (secondary N) is 1. The molecule has 2 aliphatic carbocycles. The Labute approximate surface area is 131 Å². The molecule has 1 amide bonds. The third kappa shape index (κ3) is 3.09. The van der Waals surface area contributed by atoms with Crippen molar-refractivity contribution in [2.45, 2.75) is 56.5 Å². The largest absolute Gasteiger partial charge is 0.346 e. The minimum Gasteiger partial charge on any atom is -0.346 e. The van der Waals surface area contributed by atoms with Crippen molar-refractivity contribution in [3.8, 4) is 0 Å². The van der Waals surface area contributed by atoms with Gasteiger partial charge in [-0.1, -0.05) is 36.6 Å².